The largest absolute Gasteiger partial charge is 0.491 e. The molecule has 0 aliphatic rings. The standard InChI is InChI=1S/C19H27N3O4/c1-4-12-25-17-8-7-15(14-16(17)21-18(23)9-10-20)19(24)26-13-11-22(5-2)6-3/h7-8,14H,4-6,9,11-13H2,1-3H3,(H,21,23). The highest BCUT2D eigenvalue weighted by Gasteiger charge is 2.14. The van der Waals surface area contributed by atoms with Crippen LogP contribution in [0.3, 0.4) is 0 Å². The quantitative estimate of drug-likeness (QED) is 0.609. The molecule has 1 rings (SSSR count). The number of nitriles is 1. The van der Waals surface area contributed by atoms with Crippen LogP contribution in [0.5, 0.6) is 5.75 Å². The van der Waals surface area contributed by atoms with Crippen LogP contribution in [0, 0.1) is 11.3 Å². The summed E-state index contributed by atoms with van der Waals surface area (Å²) in [6.45, 7) is 9.31. The van der Waals surface area contributed by atoms with E-state index >= 15 is 0 Å². The first-order valence-electron chi connectivity index (χ1n) is 8.88. The van der Waals surface area contributed by atoms with Crippen LogP contribution in [0.2, 0.25) is 0 Å². The van der Waals surface area contributed by atoms with Gasteiger partial charge in [-0.2, -0.15) is 5.26 Å². The van der Waals surface area contributed by atoms with E-state index in [-0.39, 0.29) is 6.42 Å². The lowest BCUT2D eigenvalue weighted by atomic mass is 10.2. The summed E-state index contributed by atoms with van der Waals surface area (Å²) in [6.07, 6.45) is 0.534. The molecule has 0 aliphatic heterocycles. The highest BCUT2D eigenvalue weighted by atomic mass is 16.5. The van der Waals surface area contributed by atoms with Gasteiger partial charge in [0.1, 0.15) is 18.8 Å². The molecule has 7 heteroatoms. The molecule has 1 N–H and O–H groups in total. The maximum Gasteiger partial charge on any atom is 0.338 e. The third-order valence-electron chi connectivity index (χ3n) is 3.73. The number of amides is 1. The Morgan fingerprint density at radius 2 is 1.92 bits per heavy atom. The monoisotopic (exact) mass is 361 g/mol. The molecule has 0 bridgehead atoms. The number of carbonyl (C=O) groups is 2. The molecule has 0 aliphatic carbocycles. The van der Waals surface area contributed by atoms with E-state index in [0.717, 1.165) is 19.5 Å². The summed E-state index contributed by atoms with van der Waals surface area (Å²) in [5.74, 6) is -0.464. The number of carbonyl (C=O) groups excluding carboxylic acids is 2. The Labute approximate surface area is 154 Å². The van der Waals surface area contributed by atoms with Crippen molar-refractivity contribution in [1.29, 1.82) is 5.26 Å². The Morgan fingerprint density at radius 1 is 1.19 bits per heavy atom. The van der Waals surface area contributed by atoms with E-state index in [1.54, 1.807) is 18.2 Å². The smallest absolute Gasteiger partial charge is 0.338 e. The molecule has 0 unspecified atom stereocenters. The number of likely N-dealkylation sites (N-methyl/N-ethyl adjacent to an activating group) is 1. The summed E-state index contributed by atoms with van der Waals surface area (Å²) in [6, 6.07) is 6.53. The lowest BCUT2D eigenvalue weighted by Crippen LogP contribution is -2.27. The minimum Gasteiger partial charge on any atom is -0.491 e. The van der Waals surface area contributed by atoms with Crippen molar-refractivity contribution in [3.05, 3.63) is 23.8 Å². The normalized spacial score (nSPS) is 10.3. The van der Waals surface area contributed by atoms with Crippen LogP contribution in [-0.2, 0) is 9.53 Å². The Bertz CT molecular complexity index is 636. The predicted octanol–water partition coefficient (Wildman–Crippen LogP) is 2.83. The van der Waals surface area contributed by atoms with Gasteiger partial charge in [-0.1, -0.05) is 20.8 Å². The number of rotatable bonds is 11. The molecular weight excluding hydrogens is 334 g/mol. The molecule has 26 heavy (non-hydrogen) atoms. The first-order chi connectivity index (χ1) is 12.5. The van der Waals surface area contributed by atoms with E-state index in [4.69, 9.17) is 14.7 Å². The lowest BCUT2D eigenvalue weighted by Gasteiger charge is -2.17. The minimum atomic E-state index is -0.463. The summed E-state index contributed by atoms with van der Waals surface area (Å²) in [4.78, 5) is 26.1. The van der Waals surface area contributed by atoms with Gasteiger partial charge in [-0.25, -0.2) is 4.79 Å². The molecule has 0 spiro atoms. The molecule has 0 saturated heterocycles. The predicted molar refractivity (Wildman–Crippen MR) is 99.2 cm³/mol. The molecule has 1 amide bonds. The first kappa shape index (κ1) is 21.5. The zero-order valence-corrected chi connectivity index (χ0v) is 15.7. The molecule has 1 aromatic carbocycles. The maximum absolute atomic E-state index is 12.2. The molecule has 0 heterocycles. The average Bonchev–Trinajstić information content (AvgIpc) is 2.64. The Hall–Kier alpha value is -2.59. The van der Waals surface area contributed by atoms with Gasteiger partial charge in [0, 0.05) is 6.54 Å². The van der Waals surface area contributed by atoms with Gasteiger partial charge in [-0.05, 0) is 37.7 Å². The summed E-state index contributed by atoms with van der Waals surface area (Å²) in [7, 11) is 0. The zero-order valence-electron chi connectivity index (χ0n) is 15.7. The molecule has 0 saturated carbocycles. The van der Waals surface area contributed by atoms with Gasteiger partial charge in [0.25, 0.3) is 0 Å². The minimum absolute atomic E-state index is 0.272. The van der Waals surface area contributed by atoms with Crippen LogP contribution in [0.1, 0.15) is 44.0 Å². The van der Waals surface area contributed by atoms with E-state index < -0.39 is 11.9 Å². The van der Waals surface area contributed by atoms with Crippen molar-refractivity contribution < 1.29 is 19.1 Å². The molecule has 1 aromatic rings. The number of hydrogen-bond donors (Lipinski definition) is 1. The van der Waals surface area contributed by atoms with Crippen LogP contribution in [0.4, 0.5) is 5.69 Å². The third kappa shape index (κ3) is 7.11. The number of hydrogen-bond acceptors (Lipinski definition) is 6. The number of nitrogens with one attached hydrogen (secondary N) is 1. The van der Waals surface area contributed by atoms with Crippen LogP contribution in [0.15, 0.2) is 18.2 Å². The van der Waals surface area contributed by atoms with Gasteiger partial charge in [0.15, 0.2) is 0 Å². The van der Waals surface area contributed by atoms with Crippen LogP contribution >= 0.6 is 0 Å². The topological polar surface area (TPSA) is 91.7 Å². The Balaban J connectivity index is 2.82. The molecule has 0 atom stereocenters. The van der Waals surface area contributed by atoms with E-state index in [1.165, 1.54) is 6.07 Å². The van der Waals surface area contributed by atoms with Gasteiger partial charge < -0.3 is 19.7 Å². The number of benzene rings is 1. The van der Waals surface area contributed by atoms with Gasteiger partial charge in [0.05, 0.1) is 23.9 Å². The van der Waals surface area contributed by atoms with Crippen LogP contribution in [-0.4, -0.2) is 49.6 Å². The fourth-order valence-corrected chi connectivity index (χ4v) is 2.25. The van der Waals surface area contributed by atoms with Crippen molar-refractivity contribution in [3.63, 3.8) is 0 Å². The van der Waals surface area contributed by atoms with Crippen molar-refractivity contribution in [2.24, 2.45) is 0 Å². The van der Waals surface area contributed by atoms with Gasteiger partial charge in [0.2, 0.25) is 5.91 Å². The zero-order chi connectivity index (χ0) is 19.4. The van der Waals surface area contributed by atoms with Crippen molar-refractivity contribution in [1.82, 2.24) is 4.90 Å². The summed E-state index contributed by atoms with van der Waals surface area (Å²) in [5.41, 5.74) is 0.678. The SMILES string of the molecule is CCCOc1ccc(C(=O)OCCN(CC)CC)cc1NC(=O)CC#N. The van der Waals surface area contributed by atoms with E-state index in [9.17, 15) is 9.59 Å². The number of ether oxygens (including phenoxy) is 2. The second kappa shape index (κ2) is 11.9. The van der Waals surface area contributed by atoms with Crippen LogP contribution in [0.25, 0.3) is 0 Å². The summed E-state index contributed by atoms with van der Waals surface area (Å²) in [5, 5.41) is 11.2. The average molecular weight is 361 g/mol. The highest BCUT2D eigenvalue weighted by molar-refractivity contribution is 5.96. The molecule has 0 radical (unpaired) electrons. The van der Waals surface area contributed by atoms with Crippen molar-refractivity contribution in [2.75, 3.05) is 38.2 Å². The van der Waals surface area contributed by atoms with E-state index in [2.05, 4.69) is 24.1 Å². The molecule has 7 nitrogen and oxygen atoms in total. The second-order valence-electron chi connectivity index (χ2n) is 5.61. The lowest BCUT2D eigenvalue weighted by molar-refractivity contribution is -0.115. The summed E-state index contributed by atoms with van der Waals surface area (Å²) >= 11 is 0. The van der Waals surface area contributed by atoms with Crippen LogP contribution < -0.4 is 10.1 Å². The van der Waals surface area contributed by atoms with Gasteiger partial charge in [-0.15, -0.1) is 0 Å². The molecule has 142 valence electrons. The maximum atomic E-state index is 12.2. The summed E-state index contributed by atoms with van der Waals surface area (Å²) < 4.78 is 10.9. The highest BCUT2D eigenvalue weighted by Crippen LogP contribution is 2.26. The van der Waals surface area contributed by atoms with E-state index in [0.29, 0.717) is 36.8 Å². The van der Waals surface area contributed by atoms with E-state index in [1.807, 2.05) is 6.92 Å². The first-order valence-corrected chi connectivity index (χ1v) is 8.88. The van der Waals surface area contributed by atoms with Crippen molar-refractivity contribution >= 4 is 17.6 Å². The third-order valence-corrected chi connectivity index (χ3v) is 3.73. The Morgan fingerprint density at radius 3 is 2.54 bits per heavy atom. The fourth-order valence-electron chi connectivity index (χ4n) is 2.25. The number of nitrogens with zero attached hydrogens (tertiary/aromatic N) is 2. The molecule has 0 aromatic heterocycles. The van der Waals surface area contributed by atoms with Gasteiger partial charge in [-0.3, -0.25) is 4.79 Å². The molecule has 0 fully saturated rings. The number of anilines is 1. The fraction of sp³-hybridized carbons (Fsp3) is 0.526. The second-order valence-corrected chi connectivity index (χ2v) is 5.61. The van der Waals surface area contributed by atoms with Gasteiger partial charge >= 0.3 is 5.97 Å². The Kier molecular flexibility index (Phi) is 9.80. The van der Waals surface area contributed by atoms with Crippen molar-refractivity contribution in [2.45, 2.75) is 33.6 Å². The number of esters is 1. The van der Waals surface area contributed by atoms with Crippen molar-refractivity contribution in [3.8, 4) is 11.8 Å². The molecular formula is C19H27N3O4.